The summed E-state index contributed by atoms with van der Waals surface area (Å²) in [6, 6.07) is 9.98. The normalized spacial score (nSPS) is 13.5. The maximum atomic E-state index is 13.5. The van der Waals surface area contributed by atoms with Gasteiger partial charge in [0.15, 0.2) is 24.0 Å². The molecular weight excluding hydrogens is 383 g/mol. The Morgan fingerprint density at radius 1 is 1.29 bits per heavy atom. The van der Waals surface area contributed by atoms with Crippen LogP contribution in [-0.2, 0) is 11.3 Å². The van der Waals surface area contributed by atoms with Gasteiger partial charge in [0.05, 0.1) is 11.4 Å². The van der Waals surface area contributed by atoms with E-state index in [1.165, 1.54) is 28.2 Å². The fourth-order valence-corrected chi connectivity index (χ4v) is 3.56. The lowest BCUT2D eigenvalue weighted by atomic mass is 10.3. The monoisotopic (exact) mass is 402 g/mol. The summed E-state index contributed by atoms with van der Waals surface area (Å²) in [5, 5.41) is 9.07. The summed E-state index contributed by atoms with van der Waals surface area (Å²) < 4.78 is 21.8. The van der Waals surface area contributed by atoms with Crippen LogP contribution in [-0.4, -0.2) is 33.4 Å². The van der Waals surface area contributed by atoms with Gasteiger partial charge in [-0.15, -0.1) is 16.4 Å². The first-order valence-corrected chi connectivity index (χ1v) is 9.88. The molecule has 0 spiro atoms. The molecule has 7 nitrogen and oxygen atoms in total. The minimum Gasteiger partial charge on any atom is -0.481 e. The van der Waals surface area contributed by atoms with E-state index in [1.807, 2.05) is 17.5 Å². The van der Waals surface area contributed by atoms with Crippen LogP contribution in [0.25, 0.3) is 10.7 Å². The number of ether oxygens (including phenoxy) is 1. The fraction of sp³-hybridized carbons (Fsp3) is 0.316. The quantitative estimate of drug-likeness (QED) is 0.628. The first-order chi connectivity index (χ1) is 13.6. The number of benzene rings is 1. The number of nitrogens with one attached hydrogen (secondary N) is 1. The van der Waals surface area contributed by atoms with E-state index in [-0.39, 0.29) is 37.2 Å². The van der Waals surface area contributed by atoms with Crippen molar-refractivity contribution in [3.05, 3.63) is 58.1 Å². The highest BCUT2D eigenvalue weighted by atomic mass is 32.1. The van der Waals surface area contributed by atoms with Crippen LogP contribution in [0.4, 0.5) is 4.39 Å². The zero-order chi connectivity index (χ0) is 19.5. The predicted molar refractivity (Wildman–Crippen MR) is 103 cm³/mol. The molecule has 1 aliphatic rings. The summed E-state index contributed by atoms with van der Waals surface area (Å²) in [4.78, 5) is 25.5. The lowest BCUT2D eigenvalue weighted by Crippen LogP contribution is -2.34. The van der Waals surface area contributed by atoms with Gasteiger partial charge in [-0.1, -0.05) is 18.2 Å². The van der Waals surface area contributed by atoms with Gasteiger partial charge in [0, 0.05) is 12.6 Å². The molecule has 0 radical (unpaired) electrons. The molecule has 146 valence electrons. The number of hydrogen-bond donors (Lipinski definition) is 1. The molecule has 0 saturated heterocycles. The molecule has 1 aliphatic carbocycles. The molecule has 2 aromatic heterocycles. The Hall–Kier alpha value is -2.94. The van der Waals surface area contributed by atoms with Crippen molar-refractivity contribution in [2.75, 3.05) is 13.2 Å². The third-order valence-corrected chi connectivity index (χ3v) is 5.23. The number of carbonyl (C=O) groups excluding carboxylic acids is 1. The van der Waals surface area contributed by atoms with Crippen LogP contribution in [0.15, 0.2) is 46.6 Å². The van der Waals surface area contributed by atoms with Crippen LogP contribution in [0.2, 0.25) is 0 Å². The number of aromatic nitrogens is 3. The minimum atomic E-state index is -0.520. The van der Waals surface area contributed by atoms with Crippen molar-refractivity contribution in [1.29, 1.82) is 0 Å². The van der Waals surface area contributed by atoms with E-state index in [2.05, 4.69) is 10.4 Å². The Bertz CT molecular complexity index is 1020. The number of nitrogens with zero attached hydrogens (tertiary/aromatic N) is 3. The number of hydrogen-bond acceptors (Lipinski definition) is 5. The van der Waals surface area contributed by atoms with Crippen LogP contribution >= 0.6 is 11.3 Å². The van der Waals surface area contributed by atoms with Crippen molar-refractivity contribution in [3.63, 3.8) is 0 Å². The van der Waals surface area contributed by atoms with E-state index in [0.29, 0.717) is 5.82 Å². The number of carbonyl (C=O) groups is 1. The van der Waals surface area contributed by atoms with Crippen molar-refractivity contribution in [2.24, 2.45) is 0 Å². The lowest BCUT2D eigenvalue weighted by Gasteiger charge is -2.07. The highest BCUT2D eigenvalue weighted by Gasteiger charge is 2.30. The van der Waals surface area contributed by atoms with Crippen molar-refractivity contribution in [1.82, 2.24) is 19.7 Å². The largest absolute Gasteiger partial charge is 0.481 e. The van der Waals surface area contributed by atoms with Crippen LogP contribution in [0.3, 0.4) is 0 Å². The number of rotatable bonds is 8. The van der Waals surface area contributed by atoms with Crippen LogP contribution in [0.1, 0.15) is 18.9 Å². The fourth-order valence-electron chi connectivity index (χ4n) is 2.86. The Morgan fingerprint density at radius 3 is 2.82 bits per heavy atom. The lowest BCUT2D eigenvalue weighted by molar-refractivity contribution is -0.123. The molecule has 1 saturated carbocycles. The van der Waals surface area contributed by atoms with E-state index in [1.54, 1.807) is 16.7 Å². The van der Waals surface area contributed by atoms with Crippen molar-refractivity contribution >= 4 is 17.2 Å². The van der Waals surface area contributed by atoms with E-state index < -0.39 is 11.7 Å². The van der Waals surface area contributed by atoms with Gasteiger partial charge in [-0.05, 0) is 36.4 Å². The number of para-hydroxylation sites is 1. The smallest absolute Gasteiger partial charge is 0.346 e. The van der Waals surface area contributed by atoms with Crippen molar-refractivity contribution in [2.45, 2.75) is 25.4 Å². The molecule has 1 amide bonds. The van der Waals surface area contributed by atoms with Gasteiger partial charge >= 0.3 is 5.69 Å². The van der Waals surface area contributed by atoms with Crippen LogP contribution in [0, 0.1) is 5.82 Å². The summed E-state index contributed by atoms with van der Waals surface area (Å²) in [5.41, 5.74) is -0.164. The summed E-state index contributed by atoms with van der Waals surface area (Å²) in [5.74, 6) is -0.209. The predicted octanol–water partition coefficient (Wildman–Crippen LogP) is 2.44. The summed E-state index contributed by atoms with van der Waals surface area (Å²) in [6.07, 6.45) is 1.96. The molecular formula is C19H19FN4O3S. The van der Waals surface area contributed by atoms with Gasteiger partial charge in [0.1, 0.15) is 0 Å². The third kappa shape index (κ3) is 3.99. The van der Waals surface area contributed by atoms with Gasteiger partial charge < -0.3 is 10.1 Å². The highest BCUT2D eigenvalue weighted by molar-refractivity contribution is 7.13. The van der Waals surface area contributed by atoms with Gasteiger partial charge in [-0.25, -0.2) is 13.9 Å². The maximum Gasteiger partial charge on any atom is 0.346 e. The van der Waals surface area contributed by atoms with Gasteiger partial charge in [-0.2, -0.15) is 0 Å². The standard InChI is InChI=1S/C19H19FN4O3S/c20-14-4-1-2-5-15(14)27-12-17(25)21-9-10-23-19(26)24(13-7-8-13)18(22-23)16-6-3-11-28-16/h1-6,11,13H,7-10,12H2,(H,21,25). The van der Waals surface area contributed by atoms with E-state index in [0.717, 1.165) is 17.7 Å². The summed E-state index contributed by atoms with van der Waals surface area (Å²) in [7, 11) is 0. The zero-order valence-electron chi connectivity index (χ0n) is 15.0. The average Bonchev–Trinajstić information content (AvgIpc) is 3.26. The van der Waals surface area contributed by atoms with Gasteiger partial charge in [0.25, 0.3) is 5.91 Å². The molecule has 3 aromatic rings. The first kappa shape index (κ1) is 18.4. The zero-order valence-corrected chi connectivity index (χ0v) is 15.8. The Labute approximate surface area is 164 Å². The van der Waals surface area contributed by atoms with Crippen LogP contribution in [0.5, 0.6) is 5.75 Å². The van der Waals surface area contributed by atoms with E-state index >= 15 is 0 Å². The van der Waals surface area contributed by atoms with Gasteiger partial charge in [0.2, 0.25) is 0 Å². The molecule has 4 rings (SSSR count). The summed E-state index contributed by atoms with van der Waals surface area (Å²) in [6.45, 7) is 0.181. The molecule has 28 heavy (non-hydrogen) atoms. The highest BCUT2D eigenvalue weighted by Crippen LogP contribution is 2.37. The molecule has 9 heteroatoms. The second kappa shape index (κ2) is 7.97. The second-order valence-corrected chi connectivity index (χ2v) is 7.42. The molecule has 0 atom stereocenters. The summed E-state index contributed by atoms with van der Waals surface area (Å²) >= 11 is 1.54. The third-order valence-electron chi connectivity index (χ3n) is 4.37. The van der Waals surface area contributed by atoms with Crippen molar-refractivity contribution < 1.29 is 13.9 Å². The van der Waals surface area contributed by atoms with Crippen LogP contribution < -0.4 is 15.7 Å². The maximum absolute atomic E-state index is 13.5. The average molecular weight is 402 g/mol. The Morgan fingerprint density at radius 2 is 2.11 bits per heavy atom. The topological polar surface area (TPSA) is 78.2 Å². The van der Waals surface area contributed by atoms with E-state index in [9.17, 15) is 14.0 Å². The number of amides is 1. The minimum absolute atomic E-state index is 0.0256. The molecule has 0 bridgehead atoms. The molecule has 2 heterocycles. The molecule has 0 unspecified atom stereocenters. The van der Waals surface area contributed by atoms with Crippen molar-refractivity contribution in [3.8, 4) is 16.5 Å². The van der Waals surface area contributed by atoms with E-state index in [4.69, 9.17) is 4.74 Å². The molecule has 0 aliphatic heterocycles. The Balaban J connectivity index is 1.35. The first-order valence-electron chi connectivity index (χ1n) is 9.01. The SMILES string of the molecule is O=C(COc1ccccc1F)NCCn1nc(-c2cccs2)n(C2CC2)c1=O. The second-order valence-electron chi connectivity index (χ2n) is 6.48. The molecule has 1 aromatic carbocycles. The molecule has 1 N–H and O–H groups in total. The van der Waals surface area contributed by atoms with Gasteiger partial charge in [-0.3, -0.25) is 9.36 Å². The molecule has 1 fully saturated rings. The Kier molecular flexibility index (Phi) is 5.25. The number of halogens is 1. The number of thiophene rings is 1.